The summed E-state index contributed by atoms with van der Waals surface area (Å²) in [5, 5.41) is 0. The molecule has 0 radical (unpaired) electrons. The van der Waals surface area contributed by atoms with E-state index in [2.05, 4.69) is 53.8 Å². The third-order valence-electron chi connectivity index (χ3n) is 3.69. The number of benzene rings is 1. The molecule has 106 valence electrons. The minimum atomic E-state index is -0.192. The minimum Gasteiger partial charge on any atom is -0.291 e. The van der Waals surface area contributed by atoms with Crippen LogP contribution < -0.4 is 5.69 Å². The maximum absolute atomic E-state index is 12.1. The zero-order chi connectivity index (χ0) is 15.0. The lowest BCUT2D eigenvalue weighted by molar-refractivity contribution is 0.683. The molecular weight excluding hydrogens is 316 g/mol. The van der Waals surface area contributed by atoms with Gasteiger partial charge < -0.3 is 0 Å². The maximum Gasteiger partial charge on any atom is 0.348 e. The zero-order valence-corrected chi connectivity index (χ0v) is 14.1. The van der Waals surface area contributed by atoms with E-state index >= 15 is 0 Å². The van der Waals surface area contributed by atoms with Gasteiger partial charge in [-0.25, -0.2) is 4.79 Å². The number of aryl methyl sites for hydroxylation is 4. The number of aromatic nitrogens is 2. The molecule has 20 heavy (non-hydrogen) atoms. The molecule has 0 N–H and O–H groups in total. The molecule has 0 saturated carbocycles. The molecule has 0 unspecified atom stereocenters. The monoisotopic (exact) mass is 334 g/mol. The molecule has 2 aromatic rings. The maximum atomic E-state index is 12.1. The van der Waals surface area contributed by atoms with Gasteiger partial charge in [0.1, 0.15) is 0 Å². The second kappa shape index (κ2) is 5.52. The lowest BCUT2D eigenvalue weighted by Gasteiger charge is -2.16. The van der Waals surface area contributed by atoms with Gasteiger partial charge in [0.05, 0.1) is 16.7 Å². The lowest BCUT2D eigenvalue weighted by Crippen LogP contribution is -2.27. The van der Waals surface area contributed by atoms with Gasteiger partial charge in [0.15, 0.2) is 0 Å². The van der Waals surface area contributed by atoms with Crippen LogP contribution in [0.5, 0.6) is 0 Å². The Morgan fingerprint density at radius 3 is 2.20 bits per heavy atom. The summed E-state index contributed by atoms with van der Waals surface area (Å²) >= 11 is 3.50. The fraction of sp³-hybridized carbons (Fsp3) is 0.375. The highest BCUT2D eigenvalue weighted by molar-refractivity contribution is 9.10. The largest absolute Gasteiger partial charge is 0.348 e. The fourth-order valence-electron chi connectivity index (χ4n) is 2.58. The number of hydrogen-bond acceptors (Lipinski definition) is 2. The van der Waals surface area contributed by atoms with Crippen LogP contribution in [0.4, 0.5) is 0 Å². The van der Waals surface area contributed by atoms with Crippen molar-refractivity contribution in [1.29, 1.82) is 0 Å². The highest BCUT2D eigenvalue weighted by Crippen LogP contribution is 2.21. The Labute approximate surface area is 127 Å². The van der Waals surface area contributed by atoms with Crippen molar-refractivity contribution >= 4 is 15.9 Å². The van der Waals surface area contributed by atoms with E-state index in [4.69, 9.17) is 0 Å². The van der Waals surface area contributed by atoms with Crippen molar-refractivity contribution in [3.05, 3.63) is 60.7 Å². The van der Waals surface area contributed by atoms with Gasteiger partial charge in [-0.2, -0.15) is 4.98 Å². The van der Waals surface area contributed by atoms with Crippen LogP contribution in [0.3, 0.4) is 0 Å². The van der Waals surface area contributed by atoms with Gasteiger partial charge in [0.25, 0.3) is 0 Å². The summed E-state index contributed by atoms with van der Waals surface area (Å²) in [7, 11) is 0. The molecule has 0 amide bonds. The number of hydrogen-bond donors (Lipinski definition) is 0. The lowest BCUT2D eigenvalue weighted by atomic mass is 10.00. The third-order valence-corrected chi connectivity index (χ3v) is 4.84. The first-order valence-corrected chi connectivity index (χ1v) is 7.41. The molecule has 1 aromatic carbocycles. The third kappa shape index (κ3) is 2.70. The Hall–Kier alpha value is -1.42. The molecule has 0 aliphatic carbocycles. The molecule has 0 aliphatic rings. The van der Waals surface area contributed by atoms with Gasteiger partial charge in [0.2, 0.25) is 0 Å². The summed E-state index contributed by atoms with van der Waals surface area (Å²) in [6.07, 6.45) is 0. The summed E-state index contributed by atoms with van der Waals surface area (Å²) in [6, 6.07) is 4.30. The topological polar surface area (TPSA) is 34.9 Å². The number of nitrogens with zero attached hydrogens (tertiary/aromatic N) is 2. The Bertz CT molecular complexity index is 709. The van der Waals surface area contributed by atoms with Gasteiger partial charge in [-0.05, 0) is 67.2 Å². The molecule has 3 nitrogen and oxygen atoms in total. The summed E-state index contributed by atoms with van der Waals surface area (Å²) < 4.78 is 2.63. The van der Waals surface area contributed by atoms with Crippen LogP contribution in [0.25, 0.3) is 0 Å². The van der Waals surface area contributed by atoms with Crippen LogP contribution in [-0.2, 0) is 6.54 Å². The average molecular weight is 335 g/mol. The van der Waals surface area contributed by atoms with E-state index in [0.717, 1.165) is 15.9 Å². The average Bonchev–Trinajstić information content (AvgIpc) is 2.34. The molecule has 4 heteroatoms. The minimum absolute atomic E-state index is 0.192. The number of rotatable bonds is 2. The van der Waals surface area contributed by atoms with E-state index in [9.17, 15) is 4.79 Å². The highest BCUT2D eigenvalue weighted by atomic mass is 79.9. The first-order valence-electron chi connectivity index (χ1n) is 6.61. The molecule has 0 fully saturated rings. The highest BCUT2D eigenvalue weighted by Gasteiger charge is 2.12. The molecule has 1 aromatic heterocycles. The second-order valence-electron chi connectivity index (χ2n) is 5.34. The van der Waals surface area contributed by atoms with Gasteiger partial charge in [-0.1, -0.05) is 17.7 Å². The normalized spacial score (nSPS) is 10.9. The van der Waals surface area contributed by atoms with Crippen molar-refractivity contribution in [2.24, 2.45) is 0 Å². The van der Waals surface area contributed by atoms with E-state index in [0.29, 0.717) is 6.54 Å². The zero-order valence-electron chi connectivity index (χ0n) is 12.5. The van der Waals surface area contributed by atoms with Crippen LogP contribution in [0.1, 0.15) is 33.6 Å². The van der Waals surface area contributed by atoms with Crippen LogP contribution in [-0.4, -0.2) is 9.55 Å². The van der Waals surface area contributed by atoms with Gasteiger partial charge in [0, 0.05) is 5.69 Å². The smallest absolute Gasteiger partial charge is 0.291 e. The molecule has 0 aliphatic heterocycles. The summed E-state index contributed by atoms with van der Waals surface area (Å²) in [4.78, 5) is 16.2. The molecule has 1 heterocycles. The number of halogens is 1. The summed E-state index contributed by atoms with van der Waals surface area (Å²) in [6.45, 7) is 10.6. The predicted octanol–water partition coefficient (Wildman–Crippen LogP) is 3.60. The van der Waals surface area contributed by atoms with Crippen LogP contribution in [0.15, 0.2) is 21.4 Å². The van der Waals surface area contributed by atoms with Gasteiger partial charge >= 0.3 is 5.69 Å². The first-order chi connectivity index (χ1) is 9.31. The van der Waals surface area contributed by atoms with Crippen LogP contribution in [0, 0.1) is 34.6 Å². The van der Waals surface area contributed by atoms with E-state index in [-0.39, 0.29) is 5.69 Å². The first kappa shape index (κ1) is 15.0. The Balaban J connectivity index is 2.57. The van der Waals surface area contributed by atoms with Crippen molar-refractivity contribution in [3.8, 4) is 0 Å². The molecular formula is C16H19BrN2O. The SMILES string of the molecule is Cc1cc(C)c(Cn2c(C)c(Br)c(C)nc2=O)c(C)c1. The second-order valence-corrected chi connectivity index (χ2v) is 6.14. The van der Waals surface area contributed by atoms with E-state index in [1.165, 1.54) is 22.3 Å². The van der Waals surface area contributed by atoms with Crippen LogP contribution in [0.2, 0.25) is 0 Å². The van der Waals surface area contributed by atoms with E-state index in [1.807, 2.05) is 13.8 Å². The van der Waals surface area contributed by atoms with Crippen molar-refractivity contribution in [1.82, 2.24) is 9.55 Å². The van der Waals surface area contributed by atoms with Crippen molar-refractivity contribution < 1.29 is 0 Å². The standard InChI is InChI=1S/C16H19BrN2O/c1-9-6-10(2)14(11(3)7-9)8-19-13(5)15(17)12(4)18-16(19)20/h6-7H,8H2,1-5H3. The molecule has 0 saturated heterocycles. The fourth-order valence-corrected chi connectivity index (χ4v) is 2.88. The van der Waals surface area contributed by atoms with Crippen molar-refractivity contribution in [3.63, 3.8) is 0 Å². The predicted molar refractivity (Wildman–Crippen MR) is 85.4 cm³/mol. The molecule has 0 atom stereocenters. The summed E-state index contributed by atoms with van der Waals surface area (Å²) in [5.41, 5.74) is 6.33. The van der Waals surface area contributed by atoms with Crippen molar-refractivity contribution in [2.45, 2.75) is 41.2 Å². The Kier molecular flexibility index (Phi) is 4.14. The van der Waals surface area contributed by atoms with Gasteiger partial charge in [-0.15, -0.1) is 0 Å². The van der Waals surface area contributed by atoms with E-state index in [1.54, 1.807) is 4.57 Å². The van der Waals surface area contributed by atoms with Gasteiger partial charge in [-0.3, -0.25) is 4.57 Å². The van der Waals surface area contributed by atoms with Crippen LogP contribution >= 0.6 is 15.9 Å². The molecule has 2 rings (SSSR count). The molecule has 0 bridgehead atoms. The molecule has 0 spiro atoms. The Morgan fingerprint density at radius 1 is 1.10 bits per heavy atom. The Morgan fingerprint density at radius 2 is 1.65 bits per heavy atom. The summed E-state index contributed by atoms with van der Waals surface area (Å²) in [5.74, 6) is 0. The van der Waals surface area contributed by atoms with Crippen molar-refractivity contribution in [2.75, 3.05) is 0 Å². The quantitative estimate of drug-likeness (QED) is 0.841. The van der Waals surface area contributed by atoms with E-state index < -0.39 is 0 Å².